The predicted octanol–water partition coefficient (Wildman–Crippen LogP) is 6.50. The van der Waals surface area contributed by atoms with E-state index in [0.717, 1.165) is 42.5 Å². The van der Waals surface area contributed by atoms with Crippen molar-refractivity contribution in [3.63, 3.8) is 0 Å². The number of benzene rings is 2. The van der Waals surface area contributed by atoms with Gasteiger partial charge in [-0.2, -0.15) is 13.2 Å². The van der Waals surface area contributed by atoms with Crippen LogP contribution in [0.5, 0.6) is 5.19 Å². The minimum absolute atomic E-state index is 0.0118. The van der Waals surface area contributed by atoms with Crippen molar-refractivity contribution in [1.82, 2.24) is 15.2 Å². The van der Waals surface area contributed by atoms with Gasteiger partial charge in [0, 0.05) is 17.1 Å². The minimum atomic E-state index is -4.56. The maximum Gasteiger partial charge on any atom is 0.416 e. The molecule has 0 bridgehead atoms. The zero-order valence-corrected chi connectivity index (χ0v) is 26.4. The number of amides is 2. The first-order valence-electron chi connectivity index (χ1n) is 15.5. The number of carboxylic acid groups (broad SMARTS) is 1. The Morgan fingerprint density at radius 2 is 1.87 bits per heavy atom. The number of aromatic nitrogens is 1. The van der Waals surface area contributed by atoms with Crippen molar-refractivity contribution in [3.8, 4) is 5.19 Å². The third-order valence-electron chi connectivity index (χ3n) is 9.15. The molecular weight excluding hydrogens is 645 g/mol. The second kappa shape index (κ2) is 12.9. The third-order valence-corrected chi connectivity index (χ3v) is 10.3. The molecule has 2 aliphatic heterocycles. The lowest BCUT2D eigenvalue weighted by molar-refractivity contribution is -0.145. The highest BCUT2D eigenvalue weighted by Crippen LogP contribution is 2.47. The molecule has 9 nitrogen and oxygen atoms in total. The Bertz CT molecular complexity index is 1640. The zero-order valence-electron chi connectivity index (χ0n) is 24.8. The van der Waals surface area contributed by atoms with Gasteiger partial charge in [0.2, 0.25) is 11.8 Å². The number of anilines is 1. The molecule has 1 aromatic heterocycles. The Balaban J connectivity index is 1.29. The van der Waals surface area contributed by atoms with E-state index in [1.165, 1.54) is 28.4 Å². The average Bonchev–Trinajstić information content (AvgIpc) is 3.32. The summed E-state index contributed by atoms with van der Waals surface area (Å²) in [6.45, 7) is 0.0118. The summed E-state index contributed by atoms with van der Waals surface area (Å²) in [5.74, 6) is -2.35. The van der Waals surface area contributed by atoms with Gasteiger partial charge in [0.25, 0.3) is 5.19 Å². The van der Waals surface area contributed by atoms with Gasteiger partial charge in [-0.1, -0.05) is 61.1 Å². The van der Waals surface area contributed by atoms with E-state index in [1.54, 1.807) is 18.2 Å². The summed E-state index contributed by atoms with van der Waals surface area (Å²) in [6, 6.07) is 7.95. The van der Waals surface area contributed by atoms with E-state index in [-0.39, 0.29) is 24.6 Å². The molecule has 3 aromatic rings. The first kappa shape index (κ1) is 32.4. The molecule has 2 aromatic carbocycles. The van der Waals surface area contributed by atoms with Gasteiger partial charge in [-0.3, -0.25) is 9.59 Å². The van der Waals surface area contributed by atoms with Gasteiger partial charge < -0.3 is 25.4 Å². The summed E-state index contributed by atoms with van der Waals surface area (Å²) in [7, 11) is 0. The largest absolute Gasteiger partial charge is 0.479 e. The smallest absolute Gasteiger partial charge is 0.416 e. The maximum atomic E-state index is 14.2. The lowest BCUT2D eigenvalue weighted by Crippen LogP contribution is -2.55. The van der Waals surface area contributed by atoms with Crippen molar-refractivity contribution >= 4 is 56.6 Å². The molecule has 46 heavy (non-hydrogen) atoms. The Morgan fingerprint density at radius 1 is 1.11 bits per heavy atom. The molecule has 2 amide bonds. The molecule has 14 heteroatoms. The van der Waals surface area contributed by atoms with Crippen LogP contribution < -0.4 is 15.4 Å². The molecule has 6 rings (SSSR count). The fraction of sp³-hybridized carbons (Fsp3) is 0.500. The number of ether oxygens (including phenoxy) is 1. The summed E-state index contributed by atoms with van der Waals surface area (Å²) in [5.41, 5.74) is -1.41. The molecule has 3 fully saturated rings. The van der Waals surface area contributed by atoms with Gasteiger partial charge >= 0.3 is 12.1 Å². The molecule has 0 unspecified atom stereocenters. The van der Waals surface area contributed by atoms with Crippen molar-refractivity contribution in [2.75, 3.05) is 11.9 Å². The number of thiazole rings is 1. The predicted molar refractivity (Wildman–Crippen MR) is 167 cm³/mol. The summed E-state index contributed by atoms with van der Waals surface area (Å²) < 4.78 is 47.4. The van der Waals surface area contributed by atoms with Crippen molar-refractivity contribution < 1.29 is 37.4 Å². The Hall–Kier alpha value is -3.58. The molecule has 0 spiro atoms. The number of hydrogen-bond acceptors (Lipinski definition) is 7. The van der Waals surface area contributed by atoms with Gasteiger partial charge in [-0.15, -0.1) is 0 Å². The number of fused-ring (bicyclic) bond motifs is 3. The van der Waals surface area contributed by atoms with Crippen molar-refractivity contribution in [2.45, 2.75) is 87.7 Å². The first-order valence-corrected chi connectivity index (χ1v) is 16.6. The van der Waals surface area contributed by atoms with Crippen LogP contribution >= 0.6 is 22.9 Å². The van der Waals surface area contributed by atoms with Gasteiger partial charge in [0.15, 0.2) is 0 Å². The Labute approximate surface area is 272 Å². The monoisotopic (exact) mass is 678 g/mol. The van der Waals surface area contributed by atoms with Crippen LogP contribution in [0.4, 0.5) is 18.9 Å². The number of carbonyl (C=O) groups excluding carboxylic acids is 2. The fourth-order valence-corrected chi connectivity index (χ4v) is 7.77. The first-order chi connectivity index (χ1) is 21.9. The molecular formula is C32H34ClF3N4O5S. The van der Waals surface area contributed by atoms with Crippen LogP contribution in [-0.4, -0.2) is 63.0 Å². The number of hydrogen-bond donors (Lipinski definition) is 3. The molecule has 0 radical (unpaired) electrons. The summed E-state index contributed by atoms with van der Waals surface area (Å²) in [5, 5.41) is 16.8. The minimum Gasteiger partial charge on any atom is -0.479 e. The van der Waals surface area contributed by atoms with Crippen LogP contribution in [0.3, 0.4) is 0 Å². The van der Waals surface area contributed by atoms with E-state index < -0.39 is 53.2 Å². The van der Waals surface area contributed by atoms with Crippen LogP contribution in [0.2, 0.25) is 5.02 Å². The van der Waals surface area contributed by atoms with Crippen LogP contribution in [0.1, 0.15) is 63.4 Å². The average molecular weight is 679 g/mol. The molecule has 246 valence electrons. The maximum absolute atomic E-state index is 14.2. The van der Waals surface area contributed by atoms with Gasteiger partial charge in [0.05, 0.1) is 22.3 Å². The number of carboxylic acids is 1. The molecule has 5 atom stereocenters. The molecule has 3 aliphatic rings. The van der Waals surface area contributed by atoms with Crippen molar-refractivity contribution in [2.24, 2.45) is 5.92 Å². The van der Waals surface area contributed by atoms with Crippen molar-refractivity contribution in [3.05, 3.63) is 53.1 Å². The normalized spacial score (nSPS) is 27.6. The second-order valence-electron chi connectivity index (χ2n) is 12.4. The SMILES string of the molecule is O=C1N[C@]2(C(=O)O)C[C@H]2CCCCCCC[C@H](Nc2cccc(C(F)(F)F)c2)C(=O)N2C[C@H](Oc3nc4ccc(Cl)cc4s3)C[C@@H]12. The van der Waals surface area contributed by atoms with Crippen LogP contribution in [0.25, 0.3) is 10.2 Å². The number of nitrogens with zero attached hydrogens (tertiary/aromatic N) is 2. The topological polar surface area (TPSA) is 121 Å². The molecule has 3 heterocycles. The van der Waals surface area contributed by atoms with Crippen molar-refractivity contribution in [1.29, 1.82) is 0 Å². The summed E-state index contributed by atoms with van der Waals surface area (Å²) in [4.78, 5) is 46.3. The Kier molecular flexibility index (Phi) is 9.08. The number of alkyl halides is 3. The van der Waals surface area contributed by atoms with E-state index in [2.05, 4.69) is 15.6 Å². The number of carbonyl (C=O) groups is 3. The van der Waals surface area contributed by atoms with Crippen LogP contribution in [0.15, 0.2) is 42.5 Å². The number of rotatable bonds is 5. The second-order valence-corrected chi connectivity index (χ2v) is 13.8. The van der Waals surface area contributed by atoms with E-state index in [0.29, 0.717) is 41.4 Å². The third kappa shape index (κ3) is 6.90. The van der Waals surface area contributed by atoms with Crippen LogP contribution in [0, 0.1) is 5.92 Å². The molecule has 3 N–H and O–H groups in total. The van der Waals surface area contributed by atoms with Gasteiger partial charge in [-0.05, 0) is 61.6 Å². The highest BCUT2D eigenvalue weighted by Gasteiger charge is 2.62. The van der Waals surface area contributed by atoms with E-state index in [1.807, 2.05) is 0 Å². The molecule has 1 saturated carbocycles. The number of nitrogens with one attached hydrogen (secondary N) is 2. The van der Waals surface area contributed by atoms with Crippen LogP contribution in [-0.2, 0) is 20.6 Å². The number of halogens is 4. The summed E-state index contributed by atoms with van der Waals surface area (Å²) >= 11 is 7.39. The summed E-state index contributed by atoms with van der Waals surface area (Å²) in [6.07, 6.45) is 0.245. The number of aliphatic carboxylic acids is 1. The molecule has 2 saturated heterocycles. The fourth-order valence-electron chi connectivity index (χ4n) is 6.61. The highest BCUT2D eigenvalue weighted by atomic mass is 35.5. The highest BCUT2D eigenvalue weighted by molar-refractivity contribution is 7.20. The molecule has 1 aliphatic carbocycles. The Morgan fingerprint density at radius 3 is 2.63 bits per heavy atom. The van der Waals surface area contributed by atoms with E-state index in [4.69, 9.17) is 16.3 Å². The van der Waals surface area contributed by atoms with Gasteiger partial charge in [-0.25, -0.2) is 9.78 Å². The lowest BCUT2D eigenvalue weighted by Gasteiger charge is -2.30. The van der Waals surface area contributed by atoms with E-state index >= 15 is 0 Å². The lowest BCUT2D eigenvalue weighted by atomic mass is 10.0. The van der Waals surface area contributed by atoms with E-state index in [9.17, 15) is 32.7 Å². The zero-order chi connectivity index (χ0) is 32.6. The standard InChI is InChI=1S/C32H34ClF3N4O5S/c33-20-11-12-23-26(14-20)46-30(38-23)45-22-15-25-27(41)39-31(29(43)44)16-19(31)7-4-2-1-3-5-10-24(28(42)40(25)17-22)37-21-9-6-8-18(13-21)32(34,35)36/h6,8-9,11-14,19,22,24-25,37H,1-5,7,10,15-17H2,(H,39,41)(H,43,44)/t19-,22-,24+,25+,31-/m1/s1. The quantitative estimate of drug-likeness (QED) is 0.282. The van der Waals surface area contributed by atoms with Gasteiger partial charge in [0.1, 0.15) is 23.7 Å².